The Morgan fingerprint density at radius 1 is 1.36 bits per heavy atom. The van der Waals surface area contributed by atoms with Crippen LogP contribution >= 0.6 is 0 Å². The summed E-state index contributed by atoms with van der Waals surface area (Å²) in [5, 5.41) is 0. The van der Waals surface area contributed by atoms with Crippen molar-refractivity contribution in [1.29, 1.82) is 0 Å². The maximum atomic E-state index is 4.08. The van der Waals surface area contributed by atoms with Crippen LogP contribution < -0.4 is 0 Å². The average molecular weight is 190 g/mol. The van der Waals surface area contributed by atoms with E-state index >= 15 is 0 Å². The number of rotatable bonds is 1. The van der Waals surface area contributed by atoms with Crippen molar-refractivity contribution in [2.75, 3.05) is 0 Å². The number of hydrogen-bond donors (Lipinski definition) is 0. The molecule has 0 bridgehead atoms. The number of allylic oxidation sites excluding steroid dienone is 5. The van der Waals surface area contributed by atoms with Crippen molar-refractivity contribution in [3.63, 3.8) is 0 Å². The molecule has 0 unspecified atom stereocenters. The third kappa shape index (κ3) is 3.95. The Bertz CT molecular complexity index is 243. The molecule has 0 heterocycles. The summed E-state index contributed by atoms with van der Waals surface area (Å²) in [6.45, 7) is 8.48. The molecule has 14 heavy (non-hydrogen) atoms. The second-order valence-corrected chi connectivity index (χ2v) is 4.42. The largest absolute Gasteiger partial charge is 0.0998 e. The van der Waals surface area contributed by atoms with E-state index in [-0.39, 0.29) is 0 Å². The zero-order chi connectivity index (χ0) is 10.4. The van der Waals surface area contributed by atoms with E-state index in [1.54, 1.807) is 5.57 Å². The Morgan fingerprint density at radius 2 is 2.14 bits per heavy atom. The van der Waals surface area contributed by atoms with E-state index in [1.807, 2.05) is 0 Å². The molecule has 0 aliphatic heterocycles. The highest BCUT2D eigenvalue weighted by Gasteiger charge is 2.08. The molecule has 1 rings (SSSR count). The summed E-state index contributed by atoms with van der Waals surface area (Å²) in [6, 6.07) is 0. The monoisotopic (exact) mass is 190 g/mol. The van der Waals surface area contributed by atoms with Gasteiger partial charge in [0.15, 0.2) is 0 Å². The fourth-order valence-corrected chi connectivity index (χ4v) is 1.87. The van der Waals surface area contributed by atoms with Crippen LogP contribution in [-0.2, 0) is 0 Å². The topological polar surface area (TPSA) is 0 Å². The van der Waals surface area contributed by atoms with Gasteiger partial charge in [-0.2, -0.15) is 0 Å². The molecule has 0 amide bonds. The molecule has 0 saturated carbocycles. The van der Waals surface area contributed by atoms with E-state index in [4.69, 9.17) is 0 Å². The predicted octanol–water partition coefficient (Wildman–Crippen LogP) is 4.65. The van der Waals surface area contributed by atoms with Crippen molar-refractivity contribution in [2.45, 2.75) is 46.0 Å². The first-order valence-electron chi connectivity index (χ1n) is 5.66. The second-order valence-electron chi connectivity index (χ2n) is 4.42. The molecule has 0 nitrogen and oxygen atoms in total. The van der Waals surface area contributed by atoms with E-state index in [0.29, 0.717) is 5.92 Å². The lowest BCUT2D eigenvalue weighted by atomic mass is 9.90. The van der Waals surface area contributed by atoms with E-state index < -0.39 is 0 Å². The Morgan fingerprint density at radius 3 is 2.86 bits per heavy atom. The van der Waals surface area contributed by atoms with Gasteiger partial charge >= 0.3 is 0 Å². The molecule has 0 fully saturated rings. The lowest BCUT2D eigenvalue weighted by Gasteiger charge is -2.16. The van der Waals surface area contributed by atoms with Gasteiger partial charge in [-0.25, -0.2) is 0 Å². The molecule has 1 aliphatic carbocycles. The summed E-state index contributed by atoms with van der Waals surface area (Å²) in [6.07, 6.45) is 13.1. The Balaban J connectivity index is 2.59. The standard InChI is InChI=1S/C14H22/c1-12(2)14-9-7-5-4-6-8-13(3)10-11-14/h5,7-8,14H,1,4,6,9-11H2,2-3H3/b7-5+,13-8+/t14-/m1/s1. The molecule has 0 spiro atoms. The first-order chi connectivity index (χ1) is 6.70. The van der Waals surface area contributed by atoms with Crippen LogP contribution in [0.4, 0.5) is 0 Å². The maximum absolute atomic E-state index is 4.08. The molecule has 0 aromatic carbocycles. The van der Waals surface area contributed by atoms with Gasteiger partial charge < -0.3 is 0 Å². The molecule has 1 atom stereocenters. The van der Waals surface area contributed by atoms with Crippen LogP contribution in [0.5, 0.6) is 0 Å². The van der Waals surface area contributed by atoms with E-state index in [0.717, 1.165) is 0 Å². The van der Waals surface area contributed by atoms with Crippen molar-refractivity contribution in [2.24, 2.45) is 5.92 Å². The minimum Gasteiger partial charge on any atom is -0.0998 e. The van der Waals surface area contributed by atoms with Gasteiger partial charge in [-0.15, -0.1) is 0 Å². The highest BCUT2D eigenvalue weighted by Crippen LogP contribution is 2.23. The Kier molecular flexibility index (Phi) is 4.72. The van der Waals surface area contributed by atoms with Crippen molar-refractivity contribution in [3.8, 4) is 0 Å². The second kappa shape index (κ2) is 5.85. The third-order valence-corrected chi connectivity index (χ3v) is 3.00. The lowest BCUT2D eigenvalue weighted by molar-refractivity contribution is 0.564. The first kappa shape index (κ1) is 11.3. The Labute approximate surface area is 88.4 Å². The summed E-state index contributed by atoms with van der Waals surface area (Å²) in [7, 11) is 0. The fourth-order valence-electron chi connectivity index (χ4n) is 1.87. The SMILES string of the molecule is C=C(C)[C@@H]1C/C=C/CC/C=C(\C)CC1. The zero-order valence-electron chi connectivity index (χ0n) is 9.55. The van der Waals surface area contributed by atoms with Crippen molar-refractivity contribution in [1.82, 2.24) is 0 Å². The minimum atomic E-state index is 0.688. The molecule has 0 aromatic rings. The molecular formula is C14H22. The quantitative estimate of drug-likeness (QED) is 0.528. The summed E-state index contributed by atoms with van der Waals surface area (Å²) in [5.74, 6) is 0.688. The zero-order valence-corrected chi connectivity index (χ0v) is 9.55. The average Bonchev–Trinajstić information content (AvgIpc) is 2.15. The van der Waals surface area contributed by atoms with E-state index in [9.17, 15) is 0 Å². The summed E-state index contributed by atoms with van der Waals surface area (Å²) < 4.78 is 0. The van der Waals surface area contributed by atoms with Gasteiger partial charge in [0.1, 0.15) is 0 Å². The molecule has 0 saturated heterocycles. The van der Waals surface area contributed by atoms with Gasteiger partial charge in [-0.05, 0) is 51.9 Å². The highest BCUT2D eigenvalue weighted by molar-refractivity contribution is 5.06. The minimum absolute atomic E-state index is 0.688. The Hall–Kier alpha value is -0.780. The van der Waals surface area contributed by atoms with Crippen LogP contribution in [0.15, 0.2) is 36.0 Å². The molecule has 0 aromatic heterocycles. The highest BCUT2D eigenvalue weighted by atomic mass is 14.1. The summed E-state index contributed by atoms with van der Waals surface area (Å²) in [5.41, 5.74) is 2.88. The smallest absolute Gasteiger partial charge is 0.0171 e. The molecule has 0 radical (unpaired) electrons. The summed E-state index contributed by atoms with van der Waals surface area (Å²) >= 11 is 0. The van der Waals surface area contributed by atoms with Crippen LogP contribution in [0.2, 0.25) is 0 Å². The van der Waals surface area contributed by atoms with Crippen molar-refractivity contribution >= 4 is 0 Å². The predicted molar refractivity (Wildman–Crippen MR) is 64.3 cm³/mol. The van der Waals surface area contributed by atoms with Gasteiger partial charge in [0.25, 0.3) is 0 Å². The van der Waals surface area contributed by atoms with Crippen LogP contribution in [0, 0.1) is 5.92 Å². The van der Waals surface area contributed by atoms with Gasteiger partial charge in [-0.1, -0.05) is 36.0 Å². The number of hydrogen-bond acceptors (Lipinski definition) is 0. The molecule has 0 heteroatoms. The van der Waals surface area contributed by atoms with Crippen LogP contribution in [0.25, 0.3) is 0 Å². The van der Waals surface area contributed by atoms with Gasteiger partial charge in [-0.3, -0.25) is 0 Å². The summed E-state index contributed by atoms with van der Waals surface area (Å²) in [4.78, 5) is 0. The van der Waals surface area contributed by atoms with Crippen molar-refractivity contribution < 1.29 is 0 Å². The maximum Gasteiger partial charge on any atom is -0.0171 e. The van der Waals surface area contributed by atoms with Crippen molar-refractivity contribution in [3.05, 3.63) is 36.0 Å². The third-order valence-electron chi connectivity index (χ3n) is 3.00. The normalized spacial score (nSPS) is 30.1. The van der Waals surface area contributed by atoms with Gasteiger partial charge in [0, 0.05) is 0 Å². The van der Waals surface area contributed by atoms with E-state index in [1.165, 1.54) is 37.7 Å². The molecule has 1 aliphatic rings. The molecule has 0 N–H and O–H groups in total. The van der Waals surface area contributed by atoms with Crippen LogP contribution in [0.1, 0.15) is 46.0 Å². The van der Waals surface area contributed by atoms with Crippen LogP contribution in [-0.4, -0.2) is 0 Å². The van der Waals surface area contributed by atoms with Gasteiger partial charge in [0.05, 0.1) is 0 Å². The van der Waals surface area contributed by atoms with Crippen LogP contribution in [0.3, 0.4) is 0 Å². The van der Waals surface area contributed by atoms with E-state index in [2.05, 4.69) is 38.7 Å². The molecular weight excluding hydrogens is 168 g/mol. The fraction of sp³-hybridized carbons (Fsp3) is 0.571. The lowest BCUT2D eigenvalue weighted by Crippen LogP contribution is -2.01. The molecule has 78 valence electrons. The van der Waals surface area contributed by atoms with Gasteiger partial charge in [0.2, 0.25) is 0 Å². The first-order valence-corrected chi connectivity index (χ1v) is 5.66.